The smallest absolute Gasteiger partial charge is 0.323 e. The molecule has 0 aliphatic rings. The molecule has 19 heavy (non-hydrogen) atoms. The predicted molar refractivity (Wildman–Crippen MR) is 69.9 cm³/mol. The van der Waals surface area contributed by atoms with E-state index >= 15 is 0 Å². The van der Waals surface area contributed by atoms with Gasteiger partial charge in [0.25, 0.3) is 5.91 Å². The summed E-state index contributed by atoms with van der Waals surface area (Å²) in [5, 5.41) is 22.3. The average Bonchev–Trinajstić information content (AvgIpc) is 2.76. The molecule has 0 saturated carbocycles. The molecule has 0 radical (unpaired) electrons. The van der Waals surface area contributed by atoms with Crippen molar-refractivity contribution in [2.24, 2.45) is 13.0 Å². The van der Waals surface area contributed by atoms with Crippen molar-refractivity contribution in [1.82, 2.24) is 9.88 Å². The van der Waals surface area contributed by atoms with E-state index in [9.17, 15) is 14.9 Å². The number of aliphatic hydroxyl groups excluding tert-OH is 1. The summed E-state index contributed by atoms with van der Waals surface area (Å²) in [5.74, 6) is -0.247. The van der Waals surface area contributed by atoms with E-state index in [-0.39, 0.29) is 29.9 Å². The van der Waals surface area contributed by atoms with E-state index < -0.39 is 4.92 Å². The summed E-state index contributed by atoms with van der Waals surface area (Å²) < 4.78 is 1.25. The first-order valence-electron chi connectivity index (χ1n) is 6.20. The number of amides is 1. The number of carbonyl (C=O) groups excluding carboxylic acids is 1. The van der Waals surface area contributed by atoms with E-state index in [0.717, 1.165) is 6.42 Å². The van der Waals surface area contributed by atoms with Crippen LogP contribution in [0, 0.1) is 16.0 Å². The summed E-state index contributed by atoms with van der Waals surface area (Å²) in [6.07, 6.45) is 1.48. The molecule has 7 heteroatoms. The molecule has 1 aromatic rings. The zero-order chi connectivity index (χ0) is 14.4. The molecule has 7 nitrogen and oxygen atoms in total. The Bertz CT molecular complexity index is 456. The van der Waals surface area contributed by atoms with Crippen LogP contribution in [0.3, 0.4) is 0 Å². The van der Waals surface area contributed by atoms with E-state index in [0.29, 0.717) is 13.0 Å². The second-order valence-corrected chi connectivity index (χ2v) is 4.39. The van der Waals surface area contributed by atoms with Crippen LogP contribution >= 0.6 is 0 Å². The third-order valence-electron chi connectivity index (χ3n) is 3.18. The highest BCUT2D eigenvalue weighted by atomic mass is 16.6. The first-order chi connectivity index (χ1) is 9.01. The maximum Gasteiger partial charge on any atom is 0.323 e. The Morgan fingerprint density at radius 3 is 2.74 bits per heavy atom. The van der Waals surface area contributed by atoms with Crippen LogP contribution in [0.25, 0.3) is 0 Å². The molecule has 106 valence electrons. The highest BCUT2D eigenvalue weighted by Crippen LogP contribution is 2.15. The van der Waals surface area contributed by atoms with Crippen molar-refractivity contribution in [3.8, 4) is 0 Å². The molecule has 0 aliphatic heterocycles. The molecule has 0 saturated heterocycles. The van der Waals surface area contributed by atoms with Gasteiger partial charge in [-0.1, -0.05) is 13.3 Å². The minimum absolute atomic E-state index is 0.0873. The first-order valence-corrected chi connectivity index (χ1v) is 6.20. The Labute approximate surface area is 111 Å². The SMILES string of the molecule is CCC(CCO)CNC(=O)c1ccc([N+](=O)[O-])n1C. The number of rotatable bonds is 7. The maximum absolute atomic E-state index is 11.9. The van der Waals surface area contributed by atoms with Crippen LogP contribution in [0.5, 0.6) is 0 Å². The third kappa shape index (κ3) is 3.78. The fourth-order valence-electron chi connectivity index (χ4n) is 1.87. The molecule has 0 aromatic carbocycles. The molecule has 1 heterocycles. The van der Waals surface area contributed by atoms with Gasteiger partial charge in [-0.05, 0) is 23.3 Å². The quantitative estimate of drug-likeness (QED) is 0.571. The van der Waals surface area contributed by atoms with E-state index in [1.165, 1.54) is 23.7 Å². The van der Waals surface area contributed by atoms with Crippen LogP contribution in [-0.4, -0.2) is 33.7 Å². The Morgan fingerprint density at radius 1 is 1.58 bits per heavy atom. The molecule has 1 amide bonds. The van der Waals surface area contributed by atoms with Crippen LogP contribution in [0.2, 0.25) is 0 Å². The van der Waals surface area contributed by atoms with Gasteiger partial charge in [-0.25, -0.2) is 4.57 Å². The van der Waals surface area contributed by atoms with Crippen molar-refractivity contribution in [1.29, 1.82) is 0 Å². The number of nitrogens with zero attached hydrogens (tertiary/aromatic N) is 2. The second kappa shape index (κ2) is 6.89. The molecular weight excluding hydrogens is 250 g/mol. The molecule has 1 unspecified atom stereocenters. The number of aliphatic hydroxyl groups is 1. The van der Waals surface area contributed by atoms with Crippen molar-refractivity contribution in [3.63, 3.8) is 0 Å². The zero-order valence-electron chi connectivity index (χ0n) is 11.1. The molecule has 1 rings (SSSR count). The number of nitro groups is 1. The van der Waals surface area contributed by atoms with Gasteiger partial charge in [0, 0.05) is 19.2 Å². The molecule has 1 atom stereocenters. The van der Waals surface area contributed by atoms with Crippen LogP contribution in [-0.2, 0) is 7.05 Å². The minimum Gasteiger partial charge on any atom is -0.396 e. The van der Waals surface area contributed by atoms with Crippen LogP contribution < -0.4 is 5.32 Å². The topological polar surface area (TPSA) is 97.4 Å². The van der Waals surface area contributed by atoms with Gasteiger partial charge >= 0.3 is 5.82 Å². The van der Waals surface area contributed by atoms with Gasteiger partial charge in [-0.3, -0.25) is 4.79 Å². The van der Waals surface area contributed by atoms with Crippen molar-refractivity contribution in [2.45, 2.75) is 19.8 Å². The summed E-state index contributed by atoms with van der Waals surface area (Å²) in [5.41, 5.74) is 0.255. The minimum atomic E-state index is -0.530. The highest BCUT2D eigenvalue weighted by molar-refractivity contribution is 5.93. The molecule has 0 fully saturated rings. The lowest BCUT2D eigenvalue weighted by Gasteiger charge is -2.13. The second-order valence-electron chi connectivity index (χ2n) is 4.39. The Morgan fingerprint density at radius 2 is 2.26 bits per heavy atom. The largest absolute Gasteiger partial charge is 0.396 e. The molecular formula is C12H19N3O4. The van der Waals surface area contributed by atoms with Crippen molar-refractivity contribution < 1.29 is 14.8 Å². The standard InChI is InChI=1S/C12H19N3O4/c1-3-9(6-7-16)8-13-12(17)10-4-5-11(14(10)2)15(18)19/h4-5,9,16H,3,6-8H2,1-2H3,(H,13,17). The average molecular weight is 269 g/mol. The lowest BCUT2D eigenvalue weighted by atomic mass is 10.0. The van der Waals surface area contributed by atoms with Crippen molar-refractivity contribution >= 4 is 11.7 Å². The van der Waals surface area contributed by atoms with Crippen molar-refractivity contribution in [3.05, 3.63) is 27.9 Å². The van der Waals surface area contributed by atoms with E-state index in [1.54, 1.807) is 0 Å². The van der Waals surface area contributed by atoms with Gasteiger partial charge in [-0.15, -0.1) is 0 Å². The summed E-state index contributed by atoms with van der Waals surface area (Å²) >= 11 is 0. The summed E-state index contributed by atoms with van der Waals surface area (Å²) in [7, 11) is 1.48. The third-order valence-corrected chi connectivity index (χ3v) is 3.18. The fraction of sp³-hybridized carbons (Fsp3) is 0.583. The number of nitrogens with one attached hydrogen (secondary N) is 1. The monoisotopic (exact) mass is 269 g/mol. The Hall–Kier alpha value is -1.89. The molecule has 0 aliphatic carbocycles. The first kappa shape index (κ1) is 15.2. The summed E-state index contributed by atoms with van der Waals surface area (Å²) in [6.45, 7) is 2.53. The lowest BCUT2D eigenvalue weighted by Crippen LogP contribution is -2.30. The summed E-state index contributed by atoms with van der Waals surface area (Å²) in [4.78, 5) is 22.1. The predicted octanol–water partition coefficient (Wildman–Crippen LogP) is 1.07. The fourth-order valence-corrected chi connectivity index (χ4v) is 1.87. The number of hydrogen-bond acceptors (Lipinski definition) is 4. The van der Waals surface area contributed by atoms with E-state index in [4.69, 9.17) is 5.11 Å². The van der Waals surface area contributed by atoms with E-state index in [2.05, 4.69) is 5.32 Å². The number of hydrogen-bond donors (Lipinski definition) is 2. The highest BCUT2D eigenvalue weighted by Gasteiger charge is 2.20. The number of carbonyl (C=O) groups is 1. The van der Waals surface area contributed by atoms with Gasteiger partial charge in [0.2, 0.25) is 0 Å². The summed E-state index contributed by atoms with van der Waals surface area (Å²) in [6, 6.07) is 2.74. The van der Waals surface area contributed by atoms with E-state index in [1.807, 2.05) is 6.92 Å². The van der Waals surface area contributed by atoms with Crippen molar-refractivity contribution in [2.75, 3.05) is 13.2 Å². The maximum atomic E-state index is 11.9. The van der Waals surface area contributed by atoms with Gasteiger partial charge in [0.1, 0.15) is 0 Å². The molecule has 2 N–H and O–H groups in total. The zero-order valence-corrected chi connectivity index (χ0v) is 11.1. The van der Waals surface area contributed by atoms with Gasteiger partial charge < -0.3 is 20.5 Å². The van der Waals surface area contributed by atoms with Gasteiger partial charge in [0.05, 0.1) is 7.05 Å². The lowest BCUT2D eigenvalue weighted by molar-refractivity contribution is -0.391. The van der Waals surface area contributed by atoms with Crippen LogP contribution in [0.4, 0.5) is 5.82 Å². The van der Waals surface area contributed by atoms with Crippen LogP contribution in [0.1, 0.15) is 30.3 Å². The Kier molecular flexibility index (Phi) is 5.50. The number of aromatic nitrogens is 1. The van der Waals surface area contributed by atoms with Gasteiger partial charge in [0.15, 0.2) is 5.69 Å². The molecule has 0 spiro atoms. The molecule has 1 aromatic heterocycles. The van der Waals surface area contributed by atoms with Crippen LogP contribution in [0.15, 0.2) is 12.1 Å². The Balaban J connectivity index is 2.66. The van der Waals surface area contributed by atoms with Gasteiger partial charge in [-0.2, -0.15) is 0 Å². The normalized spacial score (nSPS) is 12.2. The molecule has 0 bridgehead atoms.